The fourth-order valence-electron chi connectivity index (χ4n) is 2.24. The van der Waals surface area contributed by atoms with Gasteiger partial charge in [-0.2, -0.15) is 0 Å². The smallest absolute Gasteiger partial charge is 0.143 e. The molecule has 2 rings (SSSR count). The monoisotopic (exact) mass is 391 g/mol. The van der Waals surface area contributed by atoms with Gasteiger partial charge in [-0.25, -0.2) is 9.97 Å². The summed E-state index contributed by atoms with van der Waals surface area (Å²) in [5, 5.41) is 3.37. The Labute approximate surface area is 134 Å². The molecule has 6 heteroatoms. The zero-order chi connectivity index (χ0) is 14.4. The van der Waals surface area contributed by atoms with E-state index in [9.17, 15) is 0 Å². The minimum absolute atomic E-state index is 0.268. The van der Waals surface area contributed by atoms with Crippen molar-refractivity contribution < 1.29 is 9.47 Å². The number of halogens is 1. The molecule has 1 aliphatic heterocycles. The van der Waals surface area contributed by atoms with Crippen LogP contribution in [0.3, 0.4) is 0 Å². The van der Waals surface area contributed by atoms with Crippen molar-refractivity contribution in [1.29, 1.82) is 0 Å². The number of anilines is 1. The van der Waals surface area contributed by atoms with Gasteiger partial charge in [0.05, 0.1) is 22.0 Å². The summed E-state index contributed by atoms with van der Waals surface area (Å²) in [6, 6.07) is 0. The molecular weight excluding hydrogens is 369 g/mol. The first kappa shape index (κ1) is 15.9. The summed E-state index contributed by atoms with van der Waals surface area (Å²) in [7, 11) is 1.69. The van der Waals surface area contributed by atoms with Crippen LogP contribution in [0.4, 0.5) is 5.82 Å². The predicted molar refractivity (Wildman–Crippen MR) is 86.9 cm³/mol. The molecule has 0 amide bonds. The molecule has 0 spiro atoms. The Kier molecular flexibility index (Phi) is 6.44. The molecule has 1 saturated heterocycles. The normalized spacial score (nSPS) is 18.4. The zero-order valence-corrected chi connectivity index (χ0v) is 14.3. The van der Waals surface area contributed by atoms with Crippen LogP contribution >= 0.6 is 22.6 Å². The third-order valence-corrected chi connectivity index (χ3v) is 4.36. The van der Waals surface area contributed by atoms with Gasteiger partial charge in [0.2, 0.25) is 0 Å². The average Bonchev–Trinajstić information content (AvgIpc) is 2.94. The van der Waals surface area contributed by atoms with E-state index in [0.29, 0.717) is 6.61 Å². The summed E-state index contributed by atoms with van der Waals surface area (Å²) in [6.07, 6.45) is 4.37. The van der Waals surface area contributed by atoms with Crippen LogP contribution in [-0.4, -0.2) is 36.3 Å². The Morgan fingerprint density at radius 1 is 1.45 bits per heavy atom. The van der Waals surface area contributed by atoms with Crippen molar-refractivity contribution in [1.82, 2.24) is 9.97 Å². The molecule has 1 aliphatic rings. The highest BCUT2D eigenvalue weighted by Gasteiger charge is 2.19. The molecule has 2 heterocycles. The molecule has 1 N–H and O–H groups in total. The van der Waals surface area contributed by atoms with E-state index in [1.165, 1.54) is 0 Å². The molecule has 1 atom stereocenters. The zero-order valence-electron chi connectivity index (χ0n) is 12.1. The lowest BCUT2D eigenvalue weighted by Crippen LogP contribution is -2.16. The van der Waals surface area contributed by atoms with Gasteiger partial charge in [-0.05, 0) is 41.9 Å². The summed E-state index contributed by atoms with van der Waals surface area (Å²) < 4.78 is 12.0. The largest absolute Gasteiger partial charge is 0.378 e. The Morgan fingerprint density at radius 3 is 2.95 bits per heavy atom. The molecule has 0 aromatic carbocycles. The fraction of sp³-hybridized carbons (Fsp3) is 0.714. The first-order valence-electron chi connectivity index (χ1n) is 7.14. The first-order valence-corrected chi connectivity index (χ1v) is 8.22. The number of nitrogens with zero attached hydrogens (tertiary/aromatic N) is 2. The second-order valence-corrected chi connectivity index (χ2v) is 6.03. The molecule has 0 radical (unpaired) electrons. The highest BCUT2D eigenvalue weighted by Crippen LogP contribution is 2.22. The standard InChI is InChI=1S/C14H22IN3O2/c1-3-6-16-14-13(15)11(9-19-2)17-12(18-14)8-10-5-4-7-20-10/h10H,3-9H2,1-2H3,(H,16,17,18). The number of hydrogen-bond donors (Lipinski definition) is 1. The van der Waals surface area contributed by atoms with Crippen molar-refractivity contribution in [2.75, 3.05) is 25.6 Å². The molecule has 5 nitrogen and oxygen atoms in total. The van der Waals surface area contributed by atoms with E-state index in [-0.39, 0.29) is 6.10 Å². The van der Waals surface area contributed by atoms with Crippen molar-refractivity contribution >= 4 is 28.4 Å². The molecule has 0 bridgehead atoms. The highest BCUT2D eigenvalue weighted by molar-refractivity contribution is 14.1. The van der Waals surface area contributed by atoms with Gasteiger partial charge in [-0.15, -0.1) is 0 Å². The molecule has 112 valence electrons. The van der Waals surface area contributed by atoms with E-state index in [0.717, 1.165) is 59.7 Å². The van der Waals surface area contributed by atoms with Gasteiger partial charge in [0.1, 0.15) is 11.6 Å². The van der Waals surface area contributed by atoms with E-state index in [4.69, 9.17) is 9.47 Å². The third kappa shape index (κ3) is 4.26. The summed E-state index contributed by atoms with van der Waals surface area (Å²) in [5.41, 5.74) is 0.953. The number of ether oxygens (including phenoxy) is 2. The maximum absolute atomic E-state index is 5.67. The van der Waals surface area contributed by atoms with Crippen LogP contribution in [0.2, 0.25) is 0 Å². The van der Waals surface area contributed by atoms with Gasteiger partial charge in [-0.1, -0.05) is 6.92 Å². The second-order valence-electron chi connectivity index (χ2n) is 4.95. The van der Waals surface area contributed by atoms with Crippen LogP contribution in [-0.2, 0) is 22.5 Å². The topological polar surface area (TPSA) is 56.3 Å². The van der Waals surface area contributed by atoms with Crippen molar-refractivity contribution in [2.24, 2.45) is 0 Å². The lowest BCUT2D eigenvalue weighted by atomic mass is 10.2. The first-order chi connectivity index (χ1) is 9.74. The lowest BCUT2D eigenvalue weighted by Gasteiger charge is -2.14. The number of rotatable bonds is 7. The average molecular weight is 391 g/mol. The molecule has 20 heavy (non-hydrogen) atoms. The van der Waals surface area contributed by atoms with E-state index < -0.39 is 0 Å². The van der Waals surface area contributed by atoms with Crippen molar-refractivity contribution in [3.8, 4) is 0 Å². The Balaban J connectivity index is 2.18. The minimum atomic E-state index is 0.268. The maximum Gasteiger partial charge on any atom is 0.143 e. The Bertz CT molecular complexity index is 437. The van der Waals surface area contributed by atoms with Crippen LogP contribution in [0, 0.1) is 3.57 Å². The predicted octanol–water partition coefficient (Wildman–Crippen LogP) is 2.77. The van der Waals surface area contributed by atoms with Gasteiger partial charge in [0.25, 0.3) is 0 Å². The number of nitrogens with one attached hydrogen (secondary N) is 1. The van der Waals surface area contributed by atoms with Gasteiger partial charge in [0.15, 0.2) is 0 Å². The Hall–Kier alpha value is -0.470. The molecule has 1 aromatic heterocycles. The van der Waals surface area contributed by atoms with E-state index in [1.54, 1.807) is 7.11 Å². The van der Waals surface area contributed by atoms with Gasteiger partial charge in [0, 0.05) is 26.7 Å². The van der Waals surface area contributed by atoms with Gasteiger partial charge in [-0.3, -0.25) is 0 Å². The van der Waals surface area contributed by atoms with Crippen molar-refractivity contribution in [3.63, 3.8) is 0 Å². The summed E-state index contributed by atoms with van der Waals surface area (Å²) in [4.78, 5) is 9.28. The van der Waals surface area contributed by atoms with Crippen molar-refractivity contribution in [2.45, 2.75) is 45.3 Å². The van der Waals surface area contributed by atoms with E-state index in [1.807, 2.05) is 0 Å². The van der Waals surface area contributed by atoms with Crippen LogP contribution in [0.25, 0.3) is 0 Å². The maximum atomic E-state index is 5.67. The minimum Gasteiger partial charge on any atom is -0.378 e. The van der Waals surface area contributed by atoms with Crippen LogP contribution < -0.4 is 5.32 Å². The molecule has 1 aromatic rings. The van der Waals surface area contributed by atoms with Gasteiger partial charge < -0.3 is 14.8 Å². The third-order valence-electron chi connectivity index (χ3n) is 3.22. The summed E-state index contributed by atoms with van der Waals surface area (Å²) >= 11 is 2.29. The summed E-state index contributed by atoms with van der Waals surface area (Å²) in [5.74, 6) is 1.77. The van der Waals surface area contributed by atoms with E-state index >= 15 is 0 Å². The highest BCUT2D eigenvalue weighted by atomic mass is 127. The molecular formula is C14H22IN3O2. The number of methoxy groups -OCH3 is 1. The van der Waals surface area contributed by atoms with Gasteiger partial charge >= 0.3 is 0 Å². The SMILES string of the molecule is CCCNc1nc(CC2CCCO2)nc(COC)c1I. The Morgan fingerprint density at radius 2 is 2.30 bits per heavy atom. The quantitative estimate of drug-likeness (QED) is 0.725. The molecule has 1 fully saturated rings. The van der Waals surface area contributed by atoms with Crippen LogP contribution in [0.15, 0.2) is 0 Å². The second kappa shape index (κ2) is 8.09. The van der Waals surface area contributed by atoms with E-state index in [2.05, 4.69) is 44.8 Å². The van der Waals surface area contributed by atoms with Crippen molar-refractivity contribution in [3.05, 3.63) is 15.1 Å². The number of hydrogen-bond acceptors (Lipinski definition) is 5. The fourth-order valence-corrected chi connectivity index (χ4v) is 2.83. The molecule has 0 saturated carbocycles. The lowest BCUT2D eigenvalue weighted by molar-refractivity contribution is 0.109. The number of aromatic nitrogens is 2. The summed E-state index contributed by atoms with van der Waals surface area (Å²) in [6.45, 7) is 4.43. The molecule has 1 unspecified atom stereocenters. The van der Waals surface area contributed by atoms with Crippen LogP contribution in [0.5, 0.6) is 0 Å². The van der Waals surface area contributed by atoms with Crippen LogP contribution in [0.1, 0.15) is 37.7 Å². The molecule has 0 aliphatic carbocycles.